The summed E-state index contributed by atoms with van der Waals surface area (Å²) in [5.74, 6) is 0. The van der Waals surface area contributed by atoms with Crippen molar-refractivity contribution in [2.75, 3.05) is 0 Å². The molecule has 3 rings (SSSR count). The average Bonchev–Trinajstić information content (AvgIpc) is 3.15. The molecule has 0 aliphatic carbocycles. The highest BCUT2D eigenvalue weighted by Gasteiger charge is 2.18. The number of nitrogens with one attached hydrogen (secondary N) is 1. The minimum atomic E-state index is 0.0447. The maximum Gasteiger partial charge on any atom is 0.111 e. The van der Waals surface area contributed by atoms with Gasteiger partial charge >= 0.3 is 0 Å². The summed E-state index contributed by atoms with van der Waals surface area (Å²) in [5, 5.41) is 7.56. The lowest BCUT2D eigenvalue weighted by atomic mass is 9.92. The normalized spacial score (nSPS) is 12.6. The van der Waals surface area contributed by atoms with Gasteiger partial charge in [0.05, 0.1) is 30.0 Å². The molecule has 0 spiro atoms. The van der Waals surface area contributed by atoms with Crippen LogP contribution in [-0.2, 0) is 17.4 Å². The lowest BCUT2D eigenvalue weighted by molar-refractivity contribution is 0.567. The predicted octanol–water partition coefficient (Wildman–Crippen LogP) is 4.31. The van der Waals surface area contributed by atoms with Gasteiger partial charge in [0.15, 0.2) is 0 Å². The van der Waals surface area contributed by atoms with Gasteiger partial charge in [-0.1, -0.05) is 47.6 Å². The third-order valence-corrected chi connectivity index (χ3v) is 4.20. The zero-order chi connectivity index (χ0) is 18.2. The van der Waals surface area contributed by atoms with Crippen LogP contribution in [0, 0.1) is 0 Å². The van der Waals surface area contributed by atoms with Gasteiger partial charge in [-0.3, -0.25) is 5.10 Å². The maximum absolute atomic E-state index is 4.77. The van der Waals surface area contributed by atoms with E-state index in [2.05, 4.69) is 73.6 Å². The van der Waals surface area contributed by atoms with Gasteiger partial charge in [0.25, 0.3) is 0 Å². The van der Waals surface area contributed by atoms with Crippen LogP contribution in [0.15, 0.2) is 36.8 Å². The number of aromatic nitrogens is 5. The minimum Gasteiger partial charge on any atom is -0.331 e. The first-order valence-electron chi connectivity index (χ1n) is 8.67. The summed E-state index contributed by atoms with van der Waals surface area (Å²) in [7, 11) is 0. The first kappa shape index (κ1) is 17.4. The van der Waals surface area contributed by atoms with E-state index in [0.29, 0.717) is 6.54 Å². The van der Waals surface area contributed by atoms with Gasteiger partial charge < -0.3 is 4.57 Å². The molecule has 0 aliphatic heterocycles. The molecule has 0 atom stereocenters. The fourth-order valence-corrected chi connectivity index (χ4v) is 2.57. The molecule has 0 fully saturated rings. The van der Waals surface area contributed by atoms with Gasteiger partial charge in [0.1, 0.15) is 5.69 Å². The molecule has 0 saturated carbocycles. The first-order chi connectivity index (χ1) is 11.6. The van der Waals surface area contributed by atoms with Crippen LogP contribution in [0.4, 0.5) is 0 Å². The number of rotatable bonds is 3. The second-order valence-electron chi connectivity index (χ2n) is 8.61. The molecule has 25 heavy (non-hydrogen) atoms. The highest BCUT2D eigenvalue weighted by atomic mass is 15.1. The highest BCUT2D eigenvalue weighted by Crippen LogP contribution is 2.24. The number of hydrogen-bond donors (Lipinski definition) is 1. The molecule has 0 amide bonds. The van der Waals surface area contributed by atoms with E-state index in [0.717, 1.165) is 28.5 Å². The van der Waals surface area contributed by atoms with Gasteiger partial charge in [0.2, 0.25) is 0 Å². The van der Waals surface area contributed by atoms with E-state index in [4.69, 9.17) is 4.98 Å². The molecule has 0 bridgehead atoms. The quantitative estimate of drug-likeness (QED) is 0.774. The molecule has 1 N–H and O–H groups in total. The van der Waals surface area contributed by atoms with E-state index >= 15 is 0 Å². The summed E-state index contributed by atoms with van der Waals surface area (Å²) in [6.45, 7) is 13.7. The van der Waals surface area contributed by atoms with Crippen LogP contribution in [0.2, 0.25) is 0 Å². The molecular weight excluding hydrogens is 310 g/mol. The van der Waals surface area contributed by atoms with Crippen molar-refractivity contribution < 1.29 is 0 Å². The van der Waals surface area contributed by atoms with E-state index in [1.807, 2.05) is 24.5 Å². The van der Waals surface area contributed by atoms with Crippen molar-refractivity contribution in [2.24, 2.45) is 0 Å². The van der Waals surface area contributed by atoms with Crippen LogP contribution >= 0.6 is 0 Å². The van der Waals surface area contributed by atoms with Crippen LogP contribution in [-0.4, -0.2) is 24.7 Å². The first-order valence-corrected chi connectivity index (χ1v) is 8.67. The van der Waals surface area contributed by atoms with Crippen molar-refractivity contribution in [1.29, 1.82) is 0 Å². The molecule has 132 valence electrons. The van der Waals surface area contributed by atoms with Gasteiger partial charge in [-0.05, 0) is 18.2 Å². The number of pyridine rings is 1. The third-order valence-electron chi connectivity index (χ3n) is 4.20. The molecule has 3 heterocycles. The SMILES string of the molecule is CC(C)(C)c1cn(Cc2cccc(-c3cc(C(C)(C)C)[nH]n3)n2)cn1. The number of imidazole rings is 1. The van der Waals surface area contributed by atoms with Gasteiger partial charge in [-0.2, -0.15) is 5.10 Å². The van der Waals surface area contributed by atoms with Gasteiger partial charge in [-0.25, -0.2) is 9.97 Å². The fraction of sp³-hybridized carbons (Fsp3) is 0.450. The van der Waals surface area contributed by atoms with Crippen LogP contribution < -0.4 is 0 Å². The van der Waals surface area contributed by atoms with Crippen molar-refractivity contribution in [3.05, 3.63) is 53.9 Å². The number of hydrogen-bond acceptors (Lipinski definition) is 3. The molecule has 0 aromatic carbocycles. The van der Waals surface area contributed by atoms with Crippen LogP contribution in [0.3, 0.4) is 0 Å². The zero-order valence-corrected chi connectivity index (χ0v) is 16.0. The third kappa shape index (κ3) is 3.98. The lowest BCUT2D eigenvalue weighted by Crippen LogP contribution is -2.11. The van der Waals surface area contributed by atoms with Gasteiger partial charge in [0, 0.05) is 22.7 Å². The lowest BCUT2D eigenvalue weighted by Gasteiger charge is -2.14. The Balaban J connectivity index is 1.82. The molecule has 5 heteroatoms. The number of nitrogens with zero attached hydrogens (tertiary/aromatic N) is 4. The fourth-order valence-electron chi connectivity index (χ4n) is 2.57. The Morgan fingerprint density at radius 3 is 2.36 bits per heavy atom. The molecule has 3 aromatic rings. The Bertz CT molecular complexity index is 859. The topological polar surface area (TPSA) is 59.4 Å². The van der Waals surface area contributed by atoms with Crippen molar-refractivity contribution in [3.8, 4) is 11.4 Å². The highest BCUT2D eigenvalue weighted by molar-refractivity contribution is 5.54. The monoisotopic (exact) mass is 337 g/mol. The smallest absolute Gasteiger partial charge is 0.111 e. The number of aromatic amines is 1. The van der Waals surface area contributed by atoms with E-state index in [-0.39, 0.29) is 10.8 Å². The summed E-state index contributed by atoms with van der Waals surface area (Å²) in [5.41, 5.74) is 5.07. The summed E-state index contributed by atoms with van der Waals surface area (Å²) in [4.78, 5) is 9.29. The molecular formula is C20H27N5. The second-order valence-corrected chi connectivity index (χ2v) is 8.61. The van der Waals surface area contributed by atoms with Crippen molar-refractivity contribution in [2.45, 2.75) is 58.9 Å². The largest absolute Gasteiger partial charge is 0.331 e. The van der Waals surface area contributed by atoms with Crippen LogP contribution in [0.5, 0.6) is 0 Å². The Hall–Kier alpha value is -2.43. The van der Waals surface area contributed by atoms with Crippen molar-refractivity contribution >= 4 is 0 Å². The summed E-state index contributed by atoms with van der Waals surface area (Å²) in [6.07, 6.45) is 3.97. The van der Waals surface area contributed by atoms with E-state index in [1.165, 1.54) is 0 Å². The van der Waals surface area contributed by atoms with E-state index in [9.17, 15) is 0 Å². The molecule has 0 radical (unpaired) electrons. The van der Waals surface area contributed by atoms with Crippen LogP contribution in [0.25, 0.3) is 11.4 Å². The molecule has 0 saturated heterocycles. The van der Waals surface area contributed by atoms with Crippen molar-refractivity contribution in [3.63, 3.8) is 0 Å². The van der Waals surface area contributed by atoms with Gasteiger partial charge in [-0.15, -0.1) is 0 Å². The Morgan fingerprint density at radius 1 is 1.00 bits per heavy atom. The summed E-state index contributed by atoms with van der Waals surface area (Å²) >= 11 is 0. The molecule has 5 nitrogen and oxygen atoms in total. The second kappa shape index (κ2) is 6.14. The zero-order valence-electron chi connectivity index (χ0n) is 16.0. The Labute approximate surface area is 149 Å². The van der Waals surface area contributed by atoms with Crippen molar-refractivity contribution in [1.82, 2.24) is 24.7 Å². The van der Waals surface area contributed by atoms with E-state index in [1.54, 1.807) is 0 Å². The molecule has 0 aliphatic rings. The molecule has 3 aromatic heterocycles. The summed E-state index contributed by atoms with van der Waals surface area (Å²) in [6, 6.07) is 8.16. The van der Waals surface area contributed by atoms with E-state index < -0.39 is 0 Å². The van der Waals surface area contributed by atoms with Crippen LogP contribution in [0.1, 0.15) is 58.6 Å². The maximum atomic E-state index is 4.77. The minimum absolute atomic E-state index is 0.0447. The standard InChI is InChI=1S/C20H27N5/c1-19(2,3)17-10-16(23-24-17)15-9-7-8-14(22-15)11-25-12-18(21-13-25)20(4,5)6/h7-10,12-13H,11H2,1-6H3,(H,23,24). The number of H-pyrrole nitrogens is 1. The summed E-state index contributed by atoms with van der Waals surface area (Å²) < 4.78 is 2.08. The Morgan fingerprint density at radius 2 is 1.76 bits per heavy atom. The molecule has 0 unspecified atom stereocenters. The predicted molar refractivity (Wildman–Crippen MR) is 101 cm³/mol. The Kier molecular flexibility index (Phi) is 4.27. The average molecular weight is 337 g/mol.